The summed E-state index contributed by atoms with van der Waals surface area (Å²) in [5.41, 5.74) is -0.278. The molecule has 0 spiro atoms. The topological polar surface area (TPSA) is 61.8 Å². The zero-order chi connectivity index (χ0) is 18.4. The summed E-state index contributed by atoms with van der Waals surface area (Å²) in [6.07, 6.45) is 0. The summed E-state index contributed by atoms with van der Waals surface area (Å²) >= 11 is 0. The minimum atomic E-state index is -3.11. The average molecular weight is 354 g/mol. The molecule has 2 rings (SSSR count). The Hall–Kier alpha value is -3.03. The Morgan fingerprint density at radius 2 is 1.80 bits per heavy atom. The molecule has 0 saturated carbocycles. The molecule has 5 nitrogen and oxygen atoms in total. The van der Waals surface area contributed by atoms with Crippen molar-refractivity contribution >= 4 is 11.8 Å². The van der Waals surface area contributed by atoms with Crippen LogP contribution >= 0.6 is 0 Å². The van der Waals surface area contributed by atoms with Gasteiger partial charge >= 0.3 is 12.6 Å². The van der Waals surface area contributed by atoms with Crippen LogP contribution in [0, 0.1) is 5.82 Å². The van der Waals surface area contributed by atoms with Gasteiger partial charge in [0.1, 0.15) is 11.3 Å². The van der Waals surface area contributed by atoms with Crippen molar-refractivity contribution < 1.29 is 37.0 Å². The molecule has 0 bridgehead atoms. The molecular weight excluding hydrogens is 341 g/mol. The lowest BCUT2D eigenvalue weighted by Gasteiger charge is -2.10. The highest BCUT2D eigenvalue weighted by Crippen LogP contribution is 2.22. The smallest absolute Gasteiger partial charge is 0.387 e. The van der Waals surface area contributed by atoms with E-state index < -0.39 is 30.8 Å². The zero-order valence-electron chi connectivity index (χ0n) is 13.0. The fourth-order valence-corrected chi connectivity index (χ4v) is 1.97. The standard InChI is InChI=1S/C17H13F3O5/c1-23-15-7-6-10(8-12(15)18)13(21)9-24-16(22)11-4-2-3-5-14(11)25-17(19)20/h2-8,17H,9H2,1H3. The Morgan fingerprint density at radius 1 is 1.08 bits per heavy atom. The van der Waals surface area contributed by atoms with Crippen LogP contribution in [-0.2, 0) is 4.74 Å². The second kappa shape index (κ2) is 8.18. The van der Waals surface area contributed by atoms with Crippen molar-refractivity contribution in [3.05, 3.63) is 59.4 Å². The quantitative estimate of drug-likeness (QED) is 0.563. The Balaban J connectivity index is 2.05. The minimum Gasteiger partial charge on any atom is -0.494 e. The van der Waals surface area contributed by atoms with Gasteiger partial charge in [-0.1, -0.05) is 12.1 Å². The van der Waals surface area contributed by atoms with Crippen molar-refractivity contribution in [2.45, 2.75) is 6.61 Å². The van der Waals surface area contributed by atoms with Crippen LogP contribution in [0.2, 0.25) is 0 Å². The van der Waals surface area contributed by atoms with Crippen LogP contribution in [0.15, 0.2) is 42.5 Å². The van der Waals surface area contributed by atoms with Crippen molar-refractivity contribution in [1.29, 1.82) is 0 Å². The zero-order valence-corrected chi connectivity index (χ0v) is 13.0. The Kier molecular flexibility index (Phi) is 5.99. The second-order valence-electron chi connectivity index (χ2n) is 4.72. The molecule has 0 aliphatic carbocycles. The number of hydrogen-bond donors (Lipinski definition) is 0. The van der Waals surface area contributed by atoms with E-state index in [0.29, 0.717) is 0 Å². The number of alkyl halides is 2. The summed E-state index contributed by atoms with van der Waals surface area (Å²) in [6.45, 7) is -3.80. The maximum atomic E-state index is 13.6. The van der Waals surface area contributed by atoms with Crippen LogP contribution in [0.3, 0.4) is 0 Å². The third kappa shape index (κ3) is 4.72. The third-order valence-electron chi connectivity index (χ3n) is 3.13. The number of ether oxygens (including phenoxy) is 3. The number of hydrogen-bond acceptors (Lipinski definition) is 5. The fraction of sp³-hybridized carbons (Fsp3) is 0.176. The molecule has 0 heterocycles. The van der Waals surface area contributed by atoms with Crippen molar-refractivity contribution in [2.24, 2.45) is 0 Å². The van der Waals surface area contributed by atoms with Gasteiger partial charge in [-0.3, -0.25) is 4.79 Å². The highest BCUT2D eigenvalue weighted by molar-refractivity contribution is 6.00. The van der Waals surface area contributed by atoms with E-state index in [4.69, 9.17) is 9.47 Å². The first kappa shape index (κ1) is 18.3. The maximum absolute atomic E-state index is 13.6. The number of carbonyl (C=O) groups is 2. The predicted octanol–water partition coefficient (Wildman–Crippen LogP) is 3.48. The van der Waals surface area contributed by atoms with Crippen LogP contribution in [0.1, 0.15) is 20.7 Å². The summed E-state index contributed by atoms with van der Waals surface area (Å²) in [5.74, 6) is -2.83. The van der Waals surface area contributed by atoms with Gasteiger partial charge in [-0.15, -0.1) is 0 Å². The molecule has 0 aromatic heterocycles. The van der Waals surface area contributed by atoms with Gasteiger partial charge in [-0.2, -0.15) is 8.78 Å². The molecule has 0 saturated heterocycles. The molecule has 2 aromatic carbocycles. The number of esters is 1. The molecule has 0 N–H and O–H groups in total. The van der Waals surface area contributed by atoms with E-state index >= 15 is 0 Å². The van der Waals surface area contributed by atoms with E-state index in [0.717, 1.165) is 6.07 Å². The van der Waals surface area contributed by atoms with Gasteiger partial charge in [0, 0.05) is 5.56 Å². The maximum Gasteiger partial charge on any atom is 0.387 e. The van der Waals surface area contributed by atoms with Crippen LogP contribution in [0.25, 0.3) is 0 Å². The highest BCUT2D eigenvalue weighted by atomic mass is 19.3. The molecule has 0 atom stereocenters. The van der Waals surface area contributed by atoms with Gasteiger partial charge in [0.2, 0.25) is 0 Å². The van der Waals surface area contributed by atoms with Crippen LogP contribution in [-0.4, -0.2) is 32.1 Å². The number of benzene rings is 2. The fourth-order valence-electron chi connectivity index (χ4n) is 1.97. The van der Waals surface area contributed by atoms with Crippen molar-refractivity contribution in [2.75, 3.05) is 13.7 Å². The first-order valence-corrected chi connectivity index (χ1v) is 7.00. The molecule has 0 aliphatic heterocycles. The van der Waals surface area contributed by atoms with Gasteiger partial charge in [0.25, 0.3) is 0 Å². The predicted molar refractivity (Wildman–Crippen MR) is 80.6 cm³/mol. The van der Waals surface area contributed by atoms with Crippen LogP contribution in [0.5, 0.6) is 11.5 Å². The second-order valence-corrected chi connectivity index (χ2v) is 4.72. The number of Topliss-reactive ketones (excluding diaryl/α,β-unsaturated/α-hetero) is 1. The molecule has 0 unspecified atom stereocenters. The Bertz CT molecular complexity index is 777. The molecule has 0 aliphatic rings. The molecule has 2 aromatic rings. The van der Waals surface area contributed by atoms with Gasteiger partial charge < -0.3 is 14.2 Å². The first-order chi connectivity index (χ1) is 11.9. The van der Waals surface area contributed by atoms with Gasteiger partial charge in [-0.05, 0) is 30.3 Å². The summed E-state index contributed by atoms with van der Waals surface area (Å²) < 4.78 is 52.0. The number of methoxy groups -OCH3 is 1. The number of rotatable bonds is 7. The number of carbonyl (C=O) groups excluding carboxylic acids is 2. The Morgan fingerprint density at radius 3 is 2.44 bits per heavy atom. The molecule has 25 heavy (non-hydrogen) atoms. The third-order valence-corrected chi connectivity index (χ3v) is 3.13. The molecule has 0 radical (unpaired) electrons. The lowest BCUT2D eigenvalue weighted by atomic mass is 10.1. The largest absolute Gasteiger partial charge is 0.494 e. The van der Waals surface area contributed by atoms with E-state index in [-0.39, 0.29) is 22.6 Å². The summed E-state index contributed by atoms with van der Waals surface area (Å²) in [6, 6.07) is 8.74. The summed E-state index contributed by atoms with van der Waals surface area (Å²) in [7, 11) is 1.28. The number of halogens is 3. The van der Waals surface area contributed by atoms with Crippen molar-refractivity contribution in [3.8, 4) is 11.5 Å². The van der Waals surface area contributed by atoms with E-state index in [1.54, 1.807) is 0 Å². The minimum absolute atomic E-state index is 0.0248. The molecule has 8 heteroatoms. The summed E-state index contributed by atoms with van der Waals surface area (Å²) in [5, 5.41) is 0. The normalized spacial score (nSPS) is 10.4. The summed E-state index contributed by atoms with van der Waals surface area (Å²) in [4.78, 5) is 23.9. The van der Waals surface area contributed by atoms with Gasteiger partial charge in [0.05, 0.1) is 7.11 Å². The molecule has 0 amide bonds. The van der Waals surface area contributed by atoms with Crippen LogP contribution in [0.4, 0.5) is 13.2 Å². The number of ketones is 1. The molecule has 132 valence electrons. The highest BCUT2D eigenvalue weighted by Gasteiger charge is 2.18. The monoisotopic (exact) mass is 354 g/mol. The van der Waals surface area contributed by atoms with Gasteiger partial charge in [-0.25, -0.2) is 9.18 Å². The van der Waals surface area contributed by atoms with Crippen molar-refractivity contribution in [1.82, 2.24) is 0 Å². The lowest BCUT2D eigenvalue weighted by molar-refractivity contribution is -0.0504. The van der Waals surface area contributed by atoms with E-state index in [1.165, 1.54) is 43.5 Å². The number of para-hydroxylation sites is 1. The van der Waals surface area contributed by atoms with Crippen LogP contribution < -0.4 is 9.47 Å². The lowest BCUT2D eigenvalue weighted by Crippen LogP contribution is -2.16. The van der Waals surface area contributed by atoms with E-state index in [9.17, 15) is 22.8 Å². The first-order valence-electron chi connectivity index (χ1n) is 7.00. The Labute approximate surface area is 140 Å². The van der Waals surface area contributed by atoms with Crippen molar-refractivity contribution in [3.63, 3.8) is 0 Å². The van der Waals surface area contributed by atoms with Gasteiger partial charge in [0.15, 0.2) is 24.0 Å². The van der Waals surface area contributed by atoms with E-state index in [2.05, 4.69) is 4.74 Å². The SMILES string of the molecule is COc1ccc(C(=O)COC(=O)c2ccccc2OC(F)F)cc1F. The average Bonchev–Trinajstić information content (AvgIpc) is 2.59. The molecular formula is C17H13F3O5. The van der Waals surface area contributed by atoms with E-state index in [1.807, 2.05) is 0 Å². The molecule has 0 fully saturated rings.